The molecule has 0 amide bonds. The summed E-state index contributed by atoms with van der Waals surface area (Å²) in [5.41, 5.74) is 2.31. The van der Waals surface area contributed by atoms with Crippen molar-refractivity contribution in [3.63, 3.8) is 0 Å². The Bertz CT molecular complexity index is 390. The van der Waals surface area contributed by atoms with Gasteiger partial charge in [-0.2, -0.15) is 0 Å². The van der Waals surface area contributed by atoms with Gasteiger partial charge in [-0.25, -0.2) is 0 Å². The van der Waals surface area contributed by atoms with Crippen molar-refractivity contribution in [2.45, 2.75) is 45.4 Å². The van der Waals surface area contributed by atoms with E-state index in [1.165, 1.54) is 5.56 Å². The molecule has 3 unspecified atom stereocenters. The van der Waals surface area contributed by atoms with E-state index in [9.17, 15) is 5.11 Å². The molecule has 0 saturated carbocycles. The van der Waals surface area contributed by atoms with Crippen molar-refractivity contribution < 1.29 is 9.84 Å². The monoisotopic (exact) mass is 263 g/mol. The van der Waals surface area contributed by atoms with Crippen LogP contribution < -0.4 is 0 Å². The molecule has 1 fully saturated rings. The summed E-state index contributed by atoms with van der Waals surface area (Å²) < 4.78 is 5.55. The Morgan fingerprint density at radius 2 is 2.05 bits per heavy atom. The minimum atomic E-state index is -0.434. The van der Waals surface area contributed by atoms with E-state index in [1.54, 1.807) is 0 Å². The molecule has 19 heavy (non-hydrogen) atoms. The van der Waals surface area contributed by atoms with Crippen molar-refractivity contribution in [1.29, 1.82) is 0 Å². The first-order valence-electron chi connectivity index (χ1n) is 7.24. The van der Waals surface area contributed by atoms with E-state index in [4.69, 9.17) is 4.74 Å². The van der Waals surface area contributed by atoms with Crippen LogP contribution in [0.5, 0.6) is 0 Å². The first-order valence-corrected chi connectivity index (χ1v) is 7.24. The van der Waals surface area contributed by atoms with Gasteiger partial charge in [0.05, 0.1) is 18.8 Å². The molecule has 1 saturated heterocycles. The lowest BCUT2D eigenvalue weighted by atomic mass is 10.00. The minimum absolute atomic E-state index is 0.124. The SMILES string of the molecule is CCc1ccc(C(O)C(C)N2CCOC(C)C2)cc1. The van der Waals surface area contributed by atoms with Crippen LogP contribution in [0, 0.1) is 0 Å². The molecule has 3 nitrogen and oxygen atoms in total. The smallest absolute Gasteiger partial charge is 0.0942 e. The Hall–Kier alpha value is -0.900. The summed E-state index contributed by atoms with van der Waals surface area (Å²) in [5, 5.41) is 10.5. The predicted molar refractivity (Wildman–Crippen MR) is 77.2 cm³/mol. The first kappa shape index (κ1) is 14.5. The van der Waals surface area contributed by atoms with E-state index in [0.29, 0.717) is 0 Å². The fourth-order valence-electron chi connectivity index (χ4n) is 2.64. The molecular formula is C16H25NO2. The van der Waals surface area contributed by atoms with Crippen LogP contribution in [0.3, 0.4) is 0 Å². The molecule has 0 aliphatic carbocycles. The van der Waals surface area contributed by atoms with E-state index in [2.05, 4.69) is 37.8 Å². The van der Waals surface area contributed by atoms with Crippen LogP contribution in [0.4, 0.5) is 0 Å². The Labute approximate surface area is 116 Å². The van der Waals surface area contributed by atoms with Crippen molar-refractivity contribution in [3.05, 3.63) is 35.4 Å². The highest BCUT2D eigenvalue weighted by molar-refractivity contribution is 5.25. The van der Waals surface area contributed by atoms with Gasteiger partial charge in [-0.15, -0.1) is 0 Å². The van der Waals surface area contributed by atoms with Crippen LogP contribution in [0.1, 0.15) is 38.0 Å². The van der Waals surface area contributed by atoms with Gasteiger partial charge in [0.1, 0.15) is 0 Å². The molecule has 0 aromatic heterocycles. The maximum Gasteiger partial charge on any atom is 0.0942 e. The second-order valence-electron chi connectivity index (χ2n) is 5.46. The second kappa shape index (κ2) is 6.51. The molecule has 106 valence electrons. The zero-order chi connectivity index (χ0) is 13.8. The zero-order valence-corrected chi connectivity index (χ0v) is 12.2. The summed E-state index contributed by atoms with van der Waals surface area (Å²) in [7, 11) is 0. The lowest BCUT2D eigenvalue weighted by Gasteiger charge is -2.37. The summed E-state index contributed by atoms with van der Waals surface area (Å²) in [4.78, 5) is 2.31. The summed E-state index contributed by atoms with van der Waals surface area (Å²) in [6.45, 7) is 8.87. The van der Waals surface area contributed by atoms with Gasteiger partial charge in [-0.1, -0.05) is 31.2 Å². The summed E-state index contributed by atoms with van der Waals surface area (Å²) in [6.07, 6.45) is 0.856. The van der Waals surface area contributed by atoms with Crippen molar-refractivity contribution in [2.75, 3.05) is 19.7 Å². The van der Waals surface area contributed by atoms with Gasteiger partial charge >= 0.3 is 0 Å². The topological polar surface area (TPSA) is 32.7 Å². The molecule has 1 aromatic carbocycles. The maximum absolute atomic E-state index is 10.5. The second-order valence-corrected chi connectivity index (χ2v) is 5.46. The van der Waals surface area contributed by atoms with Gasteiger partial charge in [-0.3, -0.25) is 4.90 Å². The van der Waals surface area contributed by atoms with E-state index in [-0.39, 0.29) is 12.1 Å². The Morgan fingerprint density at radius 1 is 1.37 bits per heavy atom. The van der Waals surface area contributed by atoms with Crippen LogP contribution in [0.2, 0.25) is 0 Å². The van der Waals surface area contributed by atoms with E-state index in [0.717, 1.165) is 31.7 Å². The third kappa shape index (κ3) is 3.56. The predicted octanol–water partition coefficient (Wildman–Crippen LogP) is 2.39. The molecule has 1 aromatic rings. The van der Waals surface area contributed by atoms with Crippen molar-refractivity contribution in [3.8, 4) is 0 Å². The third-order valence-corrected chi connectivity index (χ3v) is 4.03. The number of aliphatic hydroxyl groups excluding tert-OH is 1. The fourth-order valence-corrected chi connectivity index (χ4v) is 2.64. The molecule has 2 rings (SSSR count). The maximum atomic E-state index is 10.5. The molecule has 1 heterocycles. The van der Waals surface area contributed by atoms with Crippen LogP contribution in [0.15, 0.2) is 24.3 Å². The number of aliphatic hydroxyl groups is 1. The van der Waals surface area contributed by atoms with Crippen LogP contribution in [-0.2, 0) is 11.2 Å². The molecule has 0 spiro atoms. The standard InChI is InChI=1S/C16H25NO2/c1-4-14-5-7-15(8-6-14)16(18)13(3)17-9-10-19-12(2)11-17/h5-8,12-13,16,18H,4,9-11H2,1-3H3. The number of hydrogen-bond acceptors (Lipinski definition) is 3. The van der Waals surface area contributed by atoms with Gasteiger partial charge < -0.3 is 9.84 Å². The number of aryl methyl sites for hydroxylation is 1. The van der Waals surface area contributed by atoms with Crippen LogP contribution in [0.25, 0.3) is 0 Å². The van der Waals surface area contributed by atoms with Gasteiger partial charge in [0.25, 0.3) is 0 Å². The molecule has 1 aliphatic heterocycles. The normalized spacial score (nSPS) is 24.1. The Kier molecular flexibility index (Phi) is 4.97. The van der Waals surface area contributed by atoms with Crippen LogP contribution in [-0.4, -0.2) is 41.8 Å². The van der Waals surface area contributed by atoms with Crippen LogP contribution >= 0.6 is 0 Å². The lowest BCUT2D eigenvalue weighted by Crippen LogP contribution is -2.47. The number of morpholine rings is 1. The van der Waals surface area contributed by atoms with Crippen molar-refractivity contribution >= 4 is 0 Å². The molecule has 3 heteroatoms. The quantitative estimate of drug-likeness (QED) is 0.905. The molecule has 3 atom stereocenters. The van der Waals surface area contributed by atoms with Crippen molar-refractivity contribution in [2.24, 2.45) is 0 Å². The Balaban J connectivity index is 2.02. The van der Waals surface area contributed by atoms with Gasteiger partial charge in [0.15, 0.2) is 0 Å². The van der Waals surface area contributed by atoms with Gasteiger partial charge in [0.2, 0.25) is 0 Å². The summed E-state index contributed by atoms with van der Waals surface area (Å²) in [6, 6.07) is 8.42. The molecule has 0 bridgehead atoms. The molecular weight excluding hydrogens is 238 g/mol. The van der Waals surface area contributed by atoms with Gasteiger partial charge in [0, 0.05) is 19.1 Å². The van der Waals surface area contributed by atoms with E-state index < -0.39 is 6.10 Å². The highest BCUT2D eigenvalue weighted by Crippen LogP contribution is 2.23. The average Bonchev–Trinajstić information content (AvgIpc) is 2.46. The summed E-state index contributed by atoms with van der Waals surface area (Å²) >= 11 is 0. The number of nitrogens with zero attached hydrogens (tertiary/aromatic N) is 1. The highest BCUT2D eigenvalue weighted by Gasteiger charge is 2.26. The number of benzene rings is 1. The third-order valence-electron chi connectivity index (χ3n) is 4.03. The molecule has 1 aliphatic rings. The number of rotatable bonds is 4. The summed E-state index contributed by atoms with van der Waals surface area (Å²) in [5.74, 6) is 0. The lowest BCUT2D eigenvalue weighted by molar-refractivity contribution is -0.0541. The average molecular weight is 263 g/mol. The largest absolute Gasteiger partial charge is 0.387 e. The fraction of sp³-hybridized carbons (Fsp3) is 0.625. The molecule has 1 N–H and O–H groups in total. The number of ether oxygens (including phenoxy) is 1. The van der Waals surface area contributed by atoms with E-state index >= 15 is 0 Å². The van der Waals surface area contributed by atoms with Crippen molar-refractivity contribution in [1.82, 2.24) is 4.90 Å². The Morgan fingerprint density at radius 3 is 2.63 bits per heavy atom. The molecule has 0 radical (unpaired) electrons. The first-order chi connectivity index (χ1) is 9.11. The highest BCUT2D eigenvalue weighted by atomic mass is 16.5. The van der Waals surface area contributed by atoms with Gasteiger partial charge in [-0.05, 0) is 31.4 Å². The minimum Gasteiger partial charge on any atom is -0.387 e. The number of hydrogen-bond donors (Lipinski definition) is 1. The van der Waals surface area contributed by atoms with E-state index in [1.807, 2.05) is 12.1 Å². The zero-order valence-electron chi connectivity index (χ0n) is 12.2.